The number of piperazine rings is 1. The van der Waals surface area contributed by atoms with E-state index in [1.165, 1.54) is 12.5 Å². The van der Waals surface area contributed by atoms with Crippen molar-refractivity contribution >= 4 is 17.3 Å². The van der Waals surface area contributed by atoms with Crippen LogP contribution in [0.15, 0.2) is 42.5 Å². The van der Waals surface area contributed by atoms with Crippen LogP contribution >= 0.6 is 0 Å². The largest absolute Gasteiger partial charge is 0.495 e. The number of hydrogen-bond donors (Lipinski definition) is 1. The van der Waals surface area contributed by atoms with Gasteiger partial charge in [-0.3, -0.25) is 4.79 Å². The van der Waals surface area contributed by atoms with Crippen LogP contribution in [0.25, 0.3) is 0 Å². The summed E-state index contributed by atoms with van der Waals surface area (Å²) >= 11 is 0. The van der Waals surface area contributed by atoms with E-state index in [-0.39, 0.29) is 18.0 Å². The van der Waals surface area contributed by atoms with Crippen molar-refractivity contribution in [2.45, 2.75) is 56.8 Å². The number of methoxy groups -OCH3 is 1. The quantitative estimate of drug-likeness (QED) is 0.657. The molecule has 1 saturated carbocycles. The van der Waals surface area contributed by atoms with E-state index in [9.17, 15) is 18.0 Å². The molecule has 0 unspecified atom stereocenters. The number of halogens is 3. The van der Waals surface area contributed by atoms with Crippen LogP contribution in [0.1, 0.15) is 43.2 Å². The predicted molar refractivity (Wildman–Crippen MR) is 130 cm³/mol. The van der Waals surface area contributed by atoms with Gasteiger partial charge in [-0.05, 0) is 55.2 Å². The molecule has 188 valence electrons. The van der Waals surface area contributed by atoms with E-state index in [0.29, 0.717) is 31.6 Å². The Morgan fingerprint density at radius 1 is 1.03 bits per heavy atom. The third kappa shape index (κ3) is 4.80. The molecule has 0 aromatic heterocycles. The second-order valence-corrected chi connectivity index (χ2v) is 9.87. The minimum atomic E-state index is -4.41. The highest BCUT2D eigenvalue weighted by Crippen LogP contribution is 2.41. The summed E-state index contributed by atoms with van der Waals surface area (Å²) in [6.45, 7) is 1.91. The Hall–Kier alpha value is -2.90. The van der Waals surface area contributed by atoms with E-state index >= 15 is 0 Å². The van der Waals surface area contributed by atoms with Gasteiger partial charge in [-0.1, -0.05) is 31.4 Å². The number of nitrogens with zero attached hydrogens (tertiary/aromatic N) is 2. The second-order valence-electron chi connectivity index (χ2n) is 9.87. The summed E-state index contributed by atoms with van der Waals surface area (Å²) in [4.78, 5) is 18.0. The van der Waals surface area contributed by atoms with Gasteiger partial charge in [0.25, 0.3) is 0 Å². The minimum Gasteiger partial charge on any atom is -0.495 e. The molecule has 1 saturated heterocycles. The van der Waals surface area contributed by atoms with Crippen molar-refractivity contribution in [2.75, 3.05) is 36.5 Å². The van der Waals surface area contributed by atoms with Crippen molar-refractivity contribution in [2.24, 2.45) is 5.92 Å². The molecule has 2 heterocycles. The van der Waals surface area contributed by atoms with Crippen molar-refractivity contribution in [1.82, 2.24) is 5.32 Å². The van der Waals surface area contributed by atoms with Crippen LogP contribution in [0.3, 0.4) is 0 Å². The maximum Gasteiger partial charge on any atom is 0.416 e. The molecule has 3 aliphatic rings. The molecule has 2 aliphatic heterocycles. The van der Waals surface area contributed by atoms with Gasteiger partial charge < -0.3 is 19.9 Å². The summed E-state index contributed by atoms with van der Waals surface area (Å²) < 4.78 is 45.9. The number of carbonyl (C=O) groups excluding carboxylic acids is 1. The summed E-state index contributed by atoms with van der Waals surface area (Å²) in [6, 6.07) is 11.8. The van der Waals surface area contributed by atoms with Gasteiger partial charge in [-0.25, -0.2) is 0 Å². The van der Waals surface area contributed by atoms with Gasteiger partial charge in [0.1, 0.15) is 5.75 Å². The highest BCUT2D eigenvalue weighted by Gasteiger charge is 2.43. The van der Waals surface area contributed by atoms with Gasteiger partial charge in [-0.15, -0.1) is 0 Å². The summed E-state index contributed by atoms with van der Waals surface area (Å²) in [6.07, 6.45) is 1.22. The van der Waals surface area contributed by atoms with Gasteiger partial charge >= 0.3 is 6.18 Å². The standard InChI is InChI=1S/C27H32F3N3O2/c1-35-25-10-6-5-9-23(25)32-13-14-33-22-12-11-19(27(28,29)30)15-18(22)16-21(24(33)17-32)26(34)31-20-7-3-2-4-8-20/h5-6,9-12,15,20-21,24H,2-4,7-8,13-14,16-17H2,1H3,(H,31,34)/t21-,24-/m1/s1. The minimum absolute atomic E-state index is 0.0446. The zero-order valence-electron chi connectivity index (χ0n) is 20.0. The van der Waals surface area contributed by atoms with Crippen molar-refractivity contribution in [1.29, 1.82) is 0 Å². The van der Waals surface area contributed by atoms with Crippen LogP contribution < -0.4 is 19.9 Å². The van der Waals surface area contributed by atoms with Crippen LogP contribution in [0.5, 0.6) is 5.75 Å². The number of fused-ring (bicyclic) bond motifs is 3. The molecule has 1 amide bonds. The van der Waals surface area contributed by atoms with Gasteiger partial charge in [0.05, 0.1) is 30.3 Å². The van der Waals surface area contributed by atoms with E-state index in [2.05, 4.69) is 15.1 Å². The van der Waals surface area contributed by atoms with Crippen LogP contribution in [-0.4, -0.2) is 44.7 Å². The Morgan fingerprint density at radius 3 is 2.54 bits per heavy atom. The first-order chi connectivity index (χ1) is 16.8. The average Bonchev–Trinajstić information content (AvgIpc) is 2.87. The molecule has 2 aromatic carbocycles. The maximum absolute atomic E-state index is 13.6. The van der Waals surface area contributed by atoms with Gasteiger partial charge in [0.2, 0.25) is 5.91 Å². The van der Waals surface area contributed by atoms with Crippen LogP contribution in [0.4, 0.5) is 24.5 Å². The number of hydrogen-bond acceptors (Lipinski definition) is 4. The summed E-state index contributed by atoms with van der Waals surface area (Å²) in [5, 5.41) is 3.24. The Morgan fingerprint density at radius 2 is 1.80 bits per heavy atom. The number of rotatable bonds is 4. The number of amides is 1. The molecule has 0 bridgehead atoms. The molecule has 5 rings (SSSR count). The summed E-state index contributed by atoms with van der Waals surface area (Å²) in [7, 11) is 1.64. The third-order valence-corrected chi connectivity index (χ3v) is 7.75. The molecule has 0 spiro atoms. The fourth-order valence-corrected chi connectivity index (χ4v) is 5.96. The Kier molecular flexibility index (Phi) is 6.55. The lowest BCUT2D eigenvalue weighted by molar-refractivity contribution is -0.137. The number of ether oxygens (including phenoxy) is 1. The summed E-state index contributed by atoms with van der Waals surface area (Å²) in [5.41, 5.74) is 1.73. The van der Waals surface area contributed by atoms with Gasteiger partial charge in [0.15, 0.2) is 0 Å². The molecule has 2 aromatic rings. The molecule has 1 aliphatic carbocycles. The molecule has 0 radical (unpaired) electrons. The molecule has 1 N–H and O–H groups in total. The SMILES string of the molecule is COc1ccccc1N1CCN2c3ccc(C(F)(F)F)cc3C[C@@H](C(=O)NC3CCCCC3)[C@H]2C1. The van der Waals surface area contributed by atoms with E-state index in [1.54, 1.807) is 13.2 Å². The number of carbonyl (C=O) groups is 1. The van der Waals surface area contributed by atoms with Crippen molar-refractivity contribution in [3.8, 4) is 5.75 Å². The number of alkyl halides is 3. The van der Waals surface area contributed by atoms with Crippen LogP contribution in [0, 0.1) is 5.92 Å². The number of anilines is 2. The lowest BCUT2D eigenvalue weighted by Crippen LogP contribution is -2.61. The normalized spacial score (nSPS) is 22.9. The van der Waals surface area contributed by atoms with Crippen molar-refractivity contribution in [3.05, 3.63) is 53.6 Å². The highest BCUT2D eigenvalue weighted by molar-refractivity contribution is 5.83. The highest BCUT2D eigenvalue weighted by atomic mass is 19.4. The molecule has 2 atom stereocenters. The van der Waals surface area contributed by atoms with Gasteiger partial charge in [-0.2, -0.15) is 13.2 Å². The fourth-order valence-electron chi connectivity index (χ4n) is 5.96. The van der Waals surface area contributed by atoms with Crippen molar-refractivity contribution in [3.63, 3.8) is 0 Å². The van der Waals surface area contributed by atoms with E-state index < -0.39 is 17.7 Å². The van der Waals surface area contributed by atoms with E-state index in [1.807, 2.05) is 24.3 Å². The predicted octanol–water partition coefficient (Wildman–Crippen LogP) is 5.03. The topological polar surface area (TPSA) is 44.8 Å². The van der Waals surface area contributed by atoms with E-state index in [0.717, 1.165) is 48.9 Å². The molecular weight excluding hydrogens is 455 g/mol. The lowest BCUT2D eigenvalue weighted by atomic mass is 9.82. The number of benzene rings is 2. The Bertz CT molecular complexity index is 1070. The van der Waals surface area contributed by atoms with E-state index in [4.69, 9.17) is 4.74 Å². The Labute approximate surface area is 204 Å². The fraction of sp³-hybridized carbons (Fsp3) is 0.519. The monoisotopic (exact) mass is 487 g/mol. The smallest absolute Gasteiger partial charge is 0.416 e. The molecule has 5 nitrogen and oxygen atoms in total. The van der Waals surface area contributed by atoms with Crippen molar-refractivity contribution < 1.29 is 22.7 Å². The van der Waals surface area contributed by atoms with Crippen LogP contribution in [-0.2, 0) is 17.4 Å². The molecule has 35 heavy (non-hydrogen) atoms. The molecular formula is C27H32F3N3O2. The second kappa shape index (κ2) is 9.63. The maximum atomic E-state index is 13.6. The zero-order chi connectivity index (χ0) is 24.6. The third-order valence-electron chi connectivity index (χ3n) is 7.75. The first kappa shape index (κ1) is 23.8. The molecule has 2 fully saturated rings. The number of para-hydroxylation sites is 2. The Balaban J connectivity index is 1.46. The first-order valence-electron chi connectivity index (χ1n) is 12.5. The van der Waals surface area contributed by atoms with Gasteiger partial charge in [0, 0.05) is 31.4 Å². The zero-order valence-corrected chi connectivity index (χ0v) is 20.0. The lowest BCUT2D eigenvalue weighted by Gasteiger charge is -2.50. The first-order valence-corrected chi connectivity index (χ1v) is 12.5. The average molecular weight is 488 g/mol. The van der Waals surface area contributed by atoms with Crippen LogP contribution in [0.2, 0.25) is 0 Å². The molecule has 8 heteroatoms. The number of nitrogens with one attached hydrogen (secondary N) is 1. The summed E-state index contributed by atoms with van der Waals surface area (Å²) in [5.74, 6) is 0.303.